The van der Waals surface area contributed by atoms with E-state index in [9.17, 15) is 0 Å². The molecule has 1 aromatic rings. The zero-order chi connectivity index (χ0) is 9.68. The van der Waals surface area contributed by atoms with E-state index in [0.717, 1.165) is 21.4 Å². The van der Waals surface area contributed by atoms with Crippen LogP contribution in [0.1, 0.15) is 12.6 Å². The van der Waals surface area contributed by atoms with Gasteiger partial charge in [0.25, 0.3) is 0 Å². The van der Waals surface area contributed by atoms with Gasteiger partial charge in [-0.05, 0) is 35.1 Å². The van der Waals surface area contributed by atoms with Crippen molar-refractivity contribution >= 4 is 22.6 Å². The van der Waals surface area contributed by atoms with Crippen molar-refractivity contribution in [3.8, 4) is 5.75 Å². The average molecular weight is 293 g/mol. The second-order valence-corrected chi connectivity index (χ2v) is 3.64. The molecule has 0 N–H and O–H groups in total. The van der Waals surface area contributed by atoms with Crippen LogP contribution in [0.15, 0.2) is 12.3 Å². The smallest absolute Gasteiger partial charge is 0.188 e. The summed E-state index contributed by atoms with van der Waals surface area (Å²) < 4.78 is 11.3. The summed E-state index contributed by atoms with van der Waals surface area (Å²) in [6.07, 6.45) is 2.66. The minimum atomic E-state index is 0.273. The average Bonchev–Trinajstić information content (AvgIpc) is 2.15. The van der Waals surface area contributed by atoms with Gasteiger partial charge in [-0.25, -0.2) is 0 Å². The summed E-state index contributed by atoms with van der Waals surface area (Å²) in [6.45, 7) is 2.33. The van der Waals surface area contributed by atoms with Gasteiger partial charge >= 0.3 is 0 Å². The molecule has 1 heterocycles. The molecule has 0 aliphatic heterocycles. The van der Waals surface area contributed by atoms with Gasteiger partial charge in [0.2, 0.25) is 0 Å². The Hall–Kier alpha value is -0.360. The van der Waals surface area contributed by atoms with Crippen molar-refractivity contribution in [2.45, 2.75) is 13.3 Å². The molecule has 0 saturated carbocycles. The highest BCUT2D eigenvalue weighted by atomic mass is 127. The monoisotopic (exact) mass is 293 g/mol. The van der Waals surface area contributed by atoms with Gasteiger partial charge in [-0.15, -0.1) is 0 Å². The molecule has 0 unspecified atom stereocenters. The molecule has 3 nitrogen and oxygen atoms in total. The van der Waals surface area contributed by atoms with Gasteiger partial charge < -0.3 is 9.47 Å². The zero-order valence-electron chi connectivity index (χ0n) is 7.71. The van der Waals surface area contributed by atoms with Crippen molar-refractivity contribution < 1.29 is 9.47 Å². The van der Waals surface area contributed by atoms with E-state index in [1.165, 1.54) is 0 Å². The topological polar surface area (TPSA) is 31.4 Å². The normalized spacial score (nSPS) is 10.1. The fraction of sp³-hybridized carbons (Fsp3) is 0.444. The summed E-state index contributed by atoms with van der Waals surface area (Å²) in [5.74, 6) is 0.840. The summed E-state index contributed by atoms with van der Waals surface area (Å²) in [5.41, 5.74) is 0.976. The van der Waals surface area contributed by atoms with Crippen molar-refractivity contribution in [1.29, 1.82) is 0 Å². The maximum Gasteiger partial charge on any atom is 0.188 e. The molecule has 1 rings (SSSR count). The molecular weight excluding hydrogens is 281 g/mol. The Morgan fingerprint density at radius 3 is 2.92 bits per heavy atom. The Kier molecular flexibility index (Phi) is 4.44. The van der Waals surface area contributed by atoms with Gasteiger partial charge in [0.1, 0.15) is 0 Å². The predicted octanol–water partition coefficient (Wildman–Crippen LogP) is 2.23. The Labute approximate surface area is 91.6 Å². The first kappa shape index (κ1) is 10.7. The van der Waals surface area contributed by atoms with E-state index in [1.54, 1.807) is 13.3 Å². The fourth-order valence-corrected chi connectivity index (χ4v) is 1.61. The second kappa shape index (κ2) is 5.39. The highest BCUT2D eigenvalue weighted by Gasteiger charge is 2.06. The van der Waals surface area contributed by atoms with E-state index in [2.05, 4.69) is 34.5 Å². The second-order valence-electron chi connectivity index (χ2n) is 2.47. The third-order valence-corrected chi connectivity index (χ3v) is 2.44. The molecule has 0 aliphatic carbocycles. The first-order chi connectivity index (χ1) is 6.29. The van der Waals surface area contributed by atoms with Crippen molar-refractivity contribution in [3.63, 3.8) is 0 Å². The van der Waals surface area contributed by atoms with E-state index in [1.807, 2.05) is 6.07 Å². The number of ether oxygens (including phenoxy) is 2. The summed E-state index contributed by atoms with van der Waals surface area (Å²) in [6, 6.07) is 1.92. The first-order valence-corrected chi connectivity index (χ1v) is 5.12. The number of pyridine rings is 1. The van der Waals surface area contributed by atoms with Gasteiger partial charge in [0.05, 0.1) is 9.26 Å². The molecule has 0 amide bonds. The Morgan fingerprint density at radius 1 is 1.54 bits per heavy atom. The number of aryl methyl sites for hydroxylation is 1. The van der Waals surface area contributed by atoms with Gasteiger partial charge in [-0.3, -0.25) is 4.98 Å². The van der Waals surface area contributed by atoms with Crippen LogP contribution >= 0.6 is 22.6 Å². The number of nitrogens with zero attached hydrogens (tertiary/aromatic N) is 1. The summed E-state index contributed by atoms with van der Waals surface area (Å²) >= 11 is 2.23. The summed E-state index contributed by atoms with van der Waals surface area (Å²) in [5, 5.41) is 0. The van der Waals surface area contributed by atoms with Gasteiger partial charge in [0.15, 0.2) is 12.5 Å². The molecular formula is C9H12INO2. The van der Waals surface area contributed by atoms with E-state index < -0.39 is 0 Å². The highest BCUT2D eigenvalue weighted by Crippen LogP contribution is 2.23. The quantitative estimate of drug-likeness (QED) is 0.630. The Bertz CT molecular complexity index is 278. The number of hydrogen-bond donors (Lipinski definition) is 0. The molecule has 0 aliphatic rings. The Morgan fingerprint density at radius 2 is 2.31 bits per heavy atom. The van der Waals surface area contributed by atoms with Crippen LogP contribution in [0.3, 0.4) is 0 Å². The minimum absolute atomic E-state index is 0.273. The molecule has 0 radical (unpaired) electrons. The fourth-order valence-electron chi connectivity index (χ4n) is 0.987. The Balaban J connectivity index is 2.87. The molecule has 0 saturated heterocycles. The molecule has 0 fully saturated rings. The lowest BCUT2D eigenvalue weighted by Gasteiger charge is -2.09. The van der Waals surface area contributed by atoms with Crippen LogP contribution in [0.25, 0.3) is 0 Å². The predicted molar refractivity (Wildman–Crippen MR) is 58.8 cm³/mol. The molecule has 0 aromatic carbocycles. The molecule has 1 aromatic heterocycles. The zero-order valence-corrected chi connectivity index (χ0v) is 9.87. The lowest BCUT2D eigenvalue weighted by atomic mass is 10.3. The van der Waals surface area contributed by atoms with Crippen LogP contribution in [-0.2, 0) is 11.2 Å². The molecule has 0 bridgehead atoms. The summed E-state index contributed by atoms with van der Waals surface area (Å²) in [7, 11) is 1.61. The number of methoxy groups -OCH3 is 1. The maximum absolute atomic E-state index is 5.42. The number of hydrogen-bond acceptors (Lipinski definition) is 3. The third kappa shape index (κ3) is 2.80. The van der Waals surface area contributed by atoms with E-state index in [4.69, 9.17) is 9.47 Å². The highest BCUT2D eigenvalue weighted by molar-refractivity contribution is 14.1. The van der Waals surface area contributed by atoms with Crippen LogP contribution in [0.2, 0.25) is 0 Å². The molecule has 0 atom stereocenters. The number of aromatic nitrogens is 1. The van der Waals surface area contributed by atoms with Crippen LogP contribution in [0, 0.1) is 3.57 Å². The van der Waals surface area contributed by atoms with E-state index in [0.29, 0.717) is 0 Å². The van der Waals surface area contributed by atoms with Crippen LogP contribution in [0.5, 0.6) is 5.75 Å². The van der Waals surface area contributed by atoms with Crippen molar-refractivity contribution in [2.75, 3.05) is 13.9 Å². The third-order valence-electron chi connectivity index (χ3n) is 1.59. The first-order valence-electron chi connectivity index (χ1n) is 4.04. The maximum atomic E-state index is 5.42. The molecule has 0 spiro atoms. The lowest BCUT2D eigenvalue weighted by Crippen LogP contribution is -2.04. The van der Waals surface area contributed by atoms with Crippen molar-refractivity contribution in [2.24, 2.45) is 0 Å². The lowest BCUT2D eigenvalue weighted by molar-refractivity contribution is 0.0495. The van der Waals surface area contributed by atoms with Crippen LogP contribution < -0.4 is 4.74 Å². The van der Waals surface area contributed by atoms with E-state index >= 15 is 0 Å². The molecule has 4 heteroatoms. The van der Waals surface area contributed by atoms with Gasteiger partial charge in [0, 0.05) is 13.3 Å². The largest absolute Gasteiger partial charge is 0.465 e. The molecule has 72 valence electrons. The molecule has 13 heavy (non-hydrogen) atoms. The van der Waals surface area contributed by atoms with Gasteiger partial charge in [-0.2, -0.15) is 0 Å². The summed E-state index contributed by atoms with van der Waals surface area (Å²) in [4.78, 5) is 4.23. The van der Waals surface area contributed by atoms with Gasteiger partial charge in [-0.1, -0.05) is 6.92 Å². The standard InChI is InChI=1S/C9H12INO2/c1-3-8-9(13-6-12-2)7(10)4-5-11-8/h4-5H,3,6H2,1-2H3. The number of rotatable bonds is 4. The van der Waals surface area contributed by atoms with Crippen LogP contribution in [0.4, 0.5) is 0 Å². The van der Waals surface area contributed by atoms with Crippen molar-refractivity contribution in [3.05, 3.63) is 21.5 Å². The number of halogens is 1. The minimum Gasteiger partial charge on any atom is -0.465 e. The van der Waals surface area contributed by atoms with Crippen LogP contribution in [-0.4, -0.2) is 18.9 Å². The van der Waals surface area contributed by atoms with Crippen molar-refractivity contribution in [1.82, 2.24) is 4.98 Å². The van der Waals surface area contributed by atoms with E-state index in [-0.39, 0.29) is 6.79 Å². The SMILES string of the molecule is CCc1nccc(I)c1OCOC.